The van der Waals surface area contributed by atoms with Crippen LogP contribution in [0.4, 0.5) is 11.5 Å². The molecule has 0 radical (unpaired) electrons. The number of fused-ring (bicyclic) bond motifs is 1. The number of anilines is 2. The van der Waals surface area contributed by atoms with Gasteiger partial charge < -0.3 is 5.32 Å². The van der Waals surface area contributed by atoms with Crippen molar-refractivity contribution in [1.82, 2.24) is 9.97 Å². The third-order valence-electron chi connectivity index (χ3n) is 5.15. The highest BCUT2D eigenvalue weighted by atomic mass is 35.5. The number of hydrogen-bond acceptors (Lipinski definition) is 4. The number of benzene rings is 4. The van der Waals surface area contributed by atoms with Gasteiger partial charge in [0.1, 0.15) is 5.82 Å². The van der Waals surface area contributed by atoms with Crippen LogP contribution < -0.4 is 5.32 Å². The van der Waals surface area contributed by atoms with E-state index in [1.165, 1.54) is 0 Å². The SMILES string of the molecule is O=C(c1ccccc1)c1cc(Cl)ccc1Nc1nc(-c2ccccc2)nc2ccccc12. The van der Waals surface area contributed by atoms with E-state index in [4.69, 9.17) is 21.6 Å². The Morgan fingerprint density at radius 3 is 2.22 bits per heavy atom. The zero-order valence-corrected chi connectivity index (χ0v) is 17.8. The molecule has 0 saturated heterocycles. The van der Waals surface area contributed by atoms with Gasteiger partial charge in [0.05, 0.1) is 11.2 Å². The maximum atomic E-state index is 13.2. The van der Waals surface area contributed by atoms with Crippen molar-refractivity contribution in [1.29, 1.82) is 0 Å². The summed E-state index contributed by atoms with van der Waals surface area (Å²) in [5.74, 6) is 1.12. The second-order valence-electron chi connectivity index (χ2n) is 7.29. The topological polar surface area (TPSA) is 54.9 Å². The molecule has 1 heterocycles. The average Bonchev–Trinajstić information content (AvgIpc) is 2.85. The molecule has 1 N–H and O–H groups in total. The van der Waals surface area contributed by atoms with Crippen LogP contribution in [0.25, 0.3) is 22.3 Å². The standard InChI is InChI=1S/C27H18ClN3O/c28-20-15-16-24(22(17-20)25(32)18-9-3-1-4-10-18)30-27-21-13-7-8-14-23(21)29-26(31-27)19-11-5-2-6-12-19/h1-17H,(H,29,30,31). The molecular weight excluding hydrogens is 418 g/mol. The lowest BCUT2D eigenvalue weighted by Gasteiger charge is -2.14. The van der Waals surface area contributed by atoms with Gasteiger partial charge in [-0.3, -0.25) is 4.79 Å². The first-order valence-corrected chi connectivity index (χ1v) is 10.6. The fourth-order valence-electron chi connectivity index (χ4n) is 3.57. The van der Waals surface area contributed by atoms with Gasteiger partial charge in [0.15, 0.2) is 11.6 Å². The van der Waals surface area contributed by atoms with E-state index >= 15 is 0 Å². The fourth-order valence-corrected chi connectivity index (χ4v) is 3.75. The molecule has 32 heavy (non-hydrogen) atoms. The molecule has 0 aliphatic heterocycles. The van der Waals surface area contributed by atoms with E-state index in [9.17, 15) is 4.79 Å². The molecule has 0 atom stereocenters. The van der Waals surface area contributed by atoms with Gasteiger partial charge in [0.25, 0.3) is 0 Å². The molecule has 0 unspecified atom stereocenters. The summed E-state index contributed by atoms with van der Waals surface area (Å²) >= 11 is 6.25. The van der Waals surface area contributed by atoms with Crippen LogP contribution in [0.15, 0.2) is 103 Å². The van der Waals surface area contributed by atoms with Gasteiger partial charge in [0.2, 0.25) is 0 Å². The van der Waals surface area contributed by atoms with E-state index < -0.39 is 0 Å². The summed E-state index contributed by atoms with van der Waals surface area (Å²) in [4.78, 5) is 22.8. The molecule has 0 spiro atoms. The number of carbonyl (C=O) groups excluding carboxylic acids is 1. The van der Waals surface area contributed by atoms with E-state index in [1.807, 2.05) is 72.8 Å². The molecule has 1 aromatic heterocycles. The van der Waals surface area contributed by atoms with Crippen LogP contribution in [0.5, 0.6) is 0 Å². The maximum absolute atomic E-state index is 13.2. The molecule has 0 aliphatic rings. The number of para-hydroxylation sites is 1. The first-order chi connectivity index (χ1) is 15.7. The number of rotatable bonds is 5. The van der Waals surface area contributed by atoms with E-state index in [0.29, 0.717) is 33.5 Å². The quantitative estimate of drug-likeness (QED) is 0.304. The van der Waals surface area contributed by atoms with E-state index in [-0.39, 0.29) is 5.78 Å². The molecule has 4 aromatic carbocycles. The van der Waals surface area contributed by atoms with Crippen molar-refractivity contribution < 1.29 is 4.79 Å². The van der Waals surface area contributed by atoms with Crippen LogP contribution in [-0.2, 0) is 0 Å². The van der Waals surface area contributed by atoms with Gasteiger partial charge in [-0.2, -0.15) is 0 Å². The summed E-state index contributed by atoms with van der Waals surface area (Å²) in [6.07, 6.45) is 0. The predicted octanol–water partition coefficient (Wildman–Crippen LogP) is 6.92. The number of ketones is 1. The Morgan fingerprint density at radius 1 is 0.750 bits per heavy atom. The molecule has 0 fully saturated rings. The van der Waals surface area contributed by atoms with Crippen molar-refractivity contribution in [3.8, 4) is 11.4 Å². The van der Waals surface area contributed by atoms with Crippen LogP contribution >= 0.6 is 11.6 Å². The summed E-state index contributed by atoms with van der Waals surface area (Å²) in [7, 11) is 0. The second kappa shape index (κ2) is 8.61. The Labute approximate surface area is 190 Å². The van der Waals surface area contributed by atoms with Crippen LogP contribution in [0.1, 0.15) is 15.9 Å². The predicted molar refractivity (Wildman–Crippen MR) is 130 cm³/mol. The number of nitrogens with one attached hydrogen (secondary N) is 1. The Hall–Kier alpha value is -4.02. The summed E-state index contributed by atoms with van der Waals surface area (Å²) in [6.45, 7) is 0. The number of halogens is 1. The monoisotopic (exact) mass is 435 g/mol. The summed E-state index contributed by atoms with van der Waals surface area (Å²) < 4.78 is 0. The third kappa shape index (κ3) is 3.96. The Balaban J connectivity index is 1.63. The molecule has 4 nitrogen and oxygen atoms in total. The molecule has 0 bridgehead atoms. The van der Waals surface area contributed by atoms with Crippen LogP contribution in [-0.4, -0.2) is 15.8 Å². The van der Waals surface area contributed by atoms with Gasteiger partial charge in [0, 0.05) is 27.1 Å². The van der Waals surface area contributed by atoms with Crippen molar-refractivity contribution >= 4 is 39.8 Å². The molecule has 0 saturated carbocycles. The number of nitrogens with zero attached hydrogens (tertiary/aromatic N) is 2. The lowest BCUT2D eigenvalue weighted by Crippen LogP contribution is -2.07. The lowest BCUT2D eigenvalue weighted by atomic mass is 10.0. The zero-order chi connectivity index (χ0) is 21.9. The zero-order valence-electron chi connectivity index (χ0n) is 17.0. The third-order valence-corrected chi connectivity index (χ3v) is 5.39. The molecule has 5 heteroatoms. The number of carbonyl (C=O) groups is 1. The summed E-state index contributed by atoms with van der Waals surface area (Å²) in [5.41, 5.74) is 3.43. The van der Waals surface area contributed by atoms with Crippen molar-refractivity contribution in [2.75, 3.05) is 5.32 Å². The highest BCUT2D eigenvalue weighted by Crippen LogP contribution is 2.30. The maximum Gasteiger partial charge on any atom is 0.195 e. The smallest absolute Gasteiger partial charge is 0.195 e. The van der Waals surface area contributed by atoms with Gasteiger partial charge in [-0.05, 0) is 30.3 Å². The van der Waals surface area contributed by atoms with Gasteiger partial charge in [-0.15, -0.1) is 0 Å². The van der Waals surface area contributed by atoms with Gasteiger partial charge in [-0.25, -0.2) is 9.97 Å². The lowest BCUT2D eigenvalue weighted by molar-refractivity contribution is 0.103. The highest BCUT2D eigenvalue weighted by molar-refractivity contribution is 6.31. The van der Waals surface area contributed by atoms with Crippen LogP contribution in [0.2, 0.25) is 5.02 Å². The number of hydrogen-bond donors (Lipinski definition) is 1. The minimum absolute atomic E-state index is 0.114. The second-order valence-corrected chi connectivity index (χ2v) is 7.73. The van der Waals surface area contributed by atoms with Crippen molar-refractivity contribution in [2.24, 2.45) is 0 Å². The Morgan fingerprint density at radius 2 is 1.44 bits per heavy atom. The van der Waals surface area contributed by atoms with Crippen molar-refractivity contribution in [3.05, 3.63) is 119 Å². The molecule has 0 amide bonds. The number of aromatic nitrogens is 2. The van der Waals surface area contributed by atoms with E-state index in [0.717, 1.165) is 16.5 Å². The largest absolute Gasteiger partial charge is 0.339 e. The Bertz CT molecular complexity index is 1420. The van der Waals surface area contributed by atoms with Crippen LogP contribution in [0.3, 0.4) is 0 Å². The minimum atomic E-state index is -0.114. The molecule has 0 aliphatic carbocycles. The molecule has 5 rings (SSSR count). The first-order valence-electron chi connectivity index (χ1n) is 10.2. The highest BCUT2D eigenvalue weighted by Gasteiger charge is 2.17. The van der Waals surface area contributed by atoms with Crippen molar-refractivity contribution in [3.63, 3.8) is 0 Å². The minimum Gasteiger partial charge on any atom is -0.339 e. The van der Waals surface area contributed by atoms with Gasteiger partial charge >= 0.3 is 0 Å². The average molecular weight is 436 g/mol. The molecular formula is C27H18ClN3O. The Kier molecular flexibility index (Phi) is 5.36. The van der Waals surface area contributed by atoms with Crippen molar-refractivity contribution in [2.45, 2.75) is 0 Å². The molecule has 154 valence electrons. The normalized spacial score (nSPS) is 10.8. The van der Waals surface area contributed by atoms with Gasteiger partial charge in [-0.1, -0.05) is 84.4 Å². The van der Waals surface area contributed by atoms with Crippen LogP contribution in [0, 0.1) is 0 Å². The molecule has 5 aromatic rings. The summed E-state index contributed by atoms with van der Waals surface area (Å²) in [6, 6.07) is 32.0. The first kappa shape index (κ1) is 19.9. The fraction of sp³-hybridized carbons (Fsp3) is 0. The van der Waals surface area contributed by atoms with E-state index in [1.54, 1.807) is 30.3 Å². The van der Waals surface area contributed by atoms with E-state index in [2.05, 4.69) is 5.32 Å². The summed E-state index contributed by atoms with van der Waals surface area (Å²) in [5, 5.41) is 4.73.